The quantitative estimate of drug-likeness (QED) is 0.237. The average molecular weight is 417 g/mol. The Kier molecular flexibility index (Phi) is 5.36. The molecule has 0 fully saturated rings. The van der Waals surface area contributed by atoms with Crippen molar-refractivity contribution in [3.63, 3.8) is 0 Å². The predicted octanol–water partition coefficient (Wildman–Crippen LogP) is 7.24. The van der Waals surface area contributed by atoms with E-state index in [2.05, 4.69) is 111 Å². The topological polar surface area (TPSA) is 24.4 Å². The van der Waals surface area contributed by atoms with Crippen LogP contribution in [0.15, 0.2) is 90.0 Å². The van der Waals surface area contributed by atoms with Crippen molar-refractivity contribution in [2.75, 3.05) is 5.43 Å². The lowest BCUT2D eigenvalue weighted by molar-refractivity contribution is 1.16. The lowest BCUT2D eigenvalue weighted by atomic mass is 9.95. The van der Waals surface area contributed by atoms with E-state index in [9.17, 15) is 0 Å². The van der Waals surface area contributed by atoms with Crippen LogP contribution in [0.1, 0.15) is 38.9 Å². The van der Waals surface area contributed by atoms with Crippen LogP contribution in [0, 0.1) is 20.8 Å². The van der Waals surface area contributed by atoms with Crippen LogP contribution in [0.3, 0.4) is 0 Å². The Balaban J connectivity index is 1.52. The van der Waals surface area contributed by atoms with E-state index in [1.165, 1.54) is 44.5 Å². The summed E-state index contributed by atoms with van der Waals surface area (Å²) in [6.45, 7) is 6.42. The smallest absolute Gasteiger partial charge is 0.0723 e. The molecule has 0 heterocycles. The second kappa shape index (κ2) is 8.47. The second-order valence-electron chi connectivity index (χ2n) is 8.76. The van der Waals surface area contributed by atoms with E-state index in [0.29, 0.717) is 0 Å². The molecule has 158 valence electrons. The molecule has 1 N–H and O–H groups in total. The zero-order chi connectivity index (χ0) is 22.1. The van der Waals surface area contributed by atoms with E-state index < -0.39 is 0 Å². The Morgan fingerprint density at radius 3 is 2.25 bits per heavy atom. The van der Waals surface area contributed by atoms with Gasteiger partial charge in [0, 0.05) is 6.42 Å². The maximum Gasteiger partial charge on any atom is 0.0723 e. The SMILES string of the molecule is Cc1cc(C)c(NN=C(Cc2cccc3c2Cc2ccccc2-3)c2ccccc2)c(C)c1. The summed E-state index contributed by atoms with van der Waals surface area (Å²) in [5.74, 6) is 0. The summed E-state index contributed by atoms with van der Waals surface area (Å²) in [5, 5.41) is 4.95. The minimum atomic E-state index is 0.790. The maximum absolute atomic E-state index is 4.95. The van der Waals surface area contributed by atoms with Crippen molar-refractivity contribution in [2.45, 2.75) is 33.6 Å². The zero-order valence-electron chi connectivity index (χ0n) is 18.9. The van der Waals surface area contributed by atoms with Crippen molar-refractivity contribution in [3.05, 3.63) is 124 Å². The highest BCUT2D eigenvalue weighted by atomic mass is 15.3. The average Bonchev–Trinajstić information content (AvgIpc) is 3.18. The lowest BCUT2D eigenvalue weighted by Gasteiger charge is -2.14. The molecular weight excluding hydrogens is 388 g/mol. The predicted molar refractivity (Wildman–Crippen MR) is 136 cm³/mol. The van der Waals surface area contributed by atoms with Crippen molar-refractivity contribution in [3.8, 4) is 11.1 Å². The number of nitrogens with one attached hydrogen (secondary N) is 1. The number of hydrogen-bond donors (Lipinski definition) is 1. The Morgan fingerprint density at radius 2 is 1.47 bits per heavy atom. The van der Waals surface area contributed by atoms with E-state index >= 15 is 0 Å². The highest BCUT2D eigenvalue weighted by molar-refractivity contribution is 6.02. The molecule has 4 aromatic carbocycles. The minimum Gasteiger partial charge on any atom is -0.278 e. The molecule has 0 spiro atoms. The number of nitrogens with zero attached hydrogens (tertiary/aromatic N) is 1. The Labute approximate surface area is 190 Å². The number of benzene rings is 4. The fourth-order valence-corrected chi connectivity index (χ4v) is 4.89. The second-order valence-corrected chi connectivity index (χ2v) is 8.76. The monoisotopic (exact) mass is 416 g/mol. The van der Waals surface area contributed by atoms with Crippen LogP contribution in [0.2, 0.25) is 0 Å². The van der Waals surface area contributed by atoms with E-state index in [1.54, 1.807) is 0 Å². The zero-order valence-corrected chi connectivity index (χ0v) is 18.9. The molecule has 0 unspecified atom stereocenters. The summed E-state index contributed by atoms with van der Waals surface area (Å²) in [7, 11) is 0. The summed E-state index contributed by atoms with van der Waals surface area (Å²) in [6.07, 6.45) is 1.78. The number of rotatable bonds is 5. The van der Waals surface area contributed by atoms with E-state index in [4.69, 9.17) is 5.10 Å². The summed E-state index contributed by atoms with van der Waals surface area (Å²) in [6, 6.07) is 30.4. The third-order valence-electron chi connectivity index (χ3n) is 6.39. The first-order valence-electron chi connectivity index (χ1n) is 11.2. The Bertz CT molecular complexity index is 1290. The molecule has 0 saturated heterocycles. The first-order chi connectivity index (χ1) is 15.6. The largest absolute Gasteiger partial charge is 0.278 e. The van der Waals surface area contributed by atoms with Gasteiger partial charge in [-0.3, -0.25) is 5.43 Å². The molecule has 0 saturated carbocycles. The normalized spacial score (nSPS) is 12.4. The van der Waals surface area contributed by atoms with Crippen LogP contribution in [0.25, 0.3) is 11.1 Å². The molecule has 0 bridgehead atoms. The van der Waals surface area contributed by atoms with Crippen molar-refractivity contribution in [1.82, 2.24) is 0 Å². The molecule has 0 radical (unpaired) electrons. The lowest BCUT2D eigenvalue weighted by Crippen LogP contribution is -2.10. The third kappa shape index (κ3) is 3.85. The van der Waals surface area contributed by atoms with Gasteiger partial charge in [-0.2, -0.15) is 5.10 Å². The number of fused-ring (bicyclic) bond motifs is 3. The summed E-state index contributed by atoms with van der Waals surface area (Å²) in [4.78, 5) is 0. The molecule has 2 nitrogen and oxygen atoms in total. The summed E-state index contributed by atoms with van der Waals surface area (Å²) in [5.41, 5.74) is 17.3. The van der Waals surface area contributed by atoms with Crippen LogP contribution in [-0.4, -0.2) is 5.71 Å². The fourth-order valence-electron chi connectivity index (χ4n) is 4.89. The van der Waals surface area contributed by atoms with Crippen molar-refractivity contribution >= 4 is 11.4 Å². The van der Waals surface area contributed by atoms with Crippen LogP contribution >= 0.6 is 0 Å². The van der Waals surface area contributed by atoms with Gasteiger partial charge in [0.25, 0.3) is 0 Å². The molecule has 0 atom stereocenters. The molecule has 5 rings (SSSR count). The number of anilines is 1. The number of hydrazone groups is 1. The van der Waals surface area contributed by atoms with Crippen LogP contribution < -0.4 is 5.43 Å². The first-order valence-corrected chi connectivity index (χ1v) is 11.2. The minimum absolute atomic E-state index is 0.790. The van der Waals surface area contributed by atoms with Crippen molar-refractivity contribution < 1.29 is 0 Å². The molecule has 32 heavy (non-hydrogen) atoms. The summed E-state index contributed by atoms with van der Waals surface area (Å²) >= 11 is 0. The molecule has 2 heteroatoms. The molecule has 4 aromatic rings. The van der Waals surface area contributed by atoms with E-state index in [-0.39, 0.29) is 0 Å². The van der Waals surface area contributed by atoms with E-state index in [0.717, 1.165) is 29.8 Å². The van der Waals surface area contributed by atoms with Crippen molar-refractivity contribution in [2.24, 2.45) is 5.10 Å². The number of aryl methyl sites for hydroxylation is 3. The molecule has 1 aliphatic rings. The van der Waals surface area contributed by atoms with E-state index in [1.807, 2.05) is 0 Å². The molecule has 0 aromatic heterocycles. The van der Waals surface area contributed by atoms with Gasteiger partial charge in [0.15, 0.2) is 0 Å². The highest BCUT2D eigenvalue weighted by Gasteiger charge is 2.21. The van der Waals surface area contributed by atoms with Gasteiger partial charge in [-0.25, -0.2) is 0 Å². The van der Waals surface area contributed by atoms with Crippen LogP contribution in [-0.2, 0) is 12.8 Å². The van der Waals surface area contributed by atoms with Gasteiger partial charge in [-0.05, 0) is 71.7 Å². The standard InChI is InChI=1S/C30H28N2/c1-20-16-21(2)30(22(3)17-20)32-31-29(23-10-5-4-6-11-23)19-25-13-9-15-27-26-14-8-7-12-24(26)18-28(25)27/h4-17,32H,18-19H2,1-3H3. The molecule has 0 aliphatic heterocycles. The van der Waals surface area contributed by atoms with Gasteiger partial charge < -0.3 is 0 Å². The van der Waals surface area contributed by atoms with Gasteiger partial charge in [-0.1, -0.05) is 90.5 Å². The van der Waals surface area contributed by atoms with Gasteiger partial charge in [0.05, 0.1) is 11.4 Å². The van der Waals surface area contributed by atoms with Crippen LogP contribution in [0.4, 0.5) is 5.69 Å². The highest BCUT2D eigenvalue weighted by Crippen LogP contribution is 2.38. The Hall–Kier alpha value is -3.65. The number of hydrogen-bond acceptors (Lipinski definition) is 2. The third-order valence-corrected chi connectivity index (χ3v) is 6.39. The molecular formula is C30H28N2. The fraction of sp³-hybridized carbons (Fsp3) is 0.167. The first kappa shape index (κ1) is 20.3. The van der Waals surface area contributed by atoms with Gasteiger partial charge in [-0.15, -0.1) is 0 Å². The maximum atomic E-state index is 4.95. The molecule has 1 aliphatic carbocycles. The molecule has 0 amide bonds. The van der Waals surface area contributed by atoms with Crippen molar-refractivity contribution in [1.29, 1.82) is 0 Å². The van der Waals surface area contributed by atoms with Crippen LogP contribution in [0.5, 0.6) is 0 Å². The Morgan fingerprint density at radius 1 is 0.781 bits per heavy atom. The van der Waals surface area contributed by atoms with Gasteiger partial charge in [0.2, 0.25) is 0 Å². The van der Waals surface area contributed by atoms with Gasteiger partial charge >= 0.3 is 0 Å². The van der Waals surface area contributed by atoms with Gasteiger partial charge in [0.1, 0.15) is 0 Å². The summed E-state index contributed by atoms with van der Waals surface area (Å²) < 4.78 is 0.